The molecule has 1 saturated heterocycles. The van der Waals surface area contributed by atoms with Gasteiger partial charge in [0.05, 0.1) is 6.61 Å². The Kier molecular flexibility index (Phi) is 13.9. The van der Waals surface area contributed by atoms with Crippen LogP contribution in [0.2, 0.25) is 0 Å². The average molecular weight is 339 g/mol. The summed E-state index contributed by atoms with van der Waals surface area (Å²) >= 11 is 0. The standard InChI is InChI=1S/C21H38O3/c1-2-3-4-5-6-7-8-9-10-11-12-13-14-15-16-17-21(22)24-19-20-18-23-20/h7-8,20H,2-6,9-19H2,1H3/b8-7+. The SMILES string of the molecule is CCCCCC/C=C/CCCCCCCCCC(=O)OCC1CO1. The quantitative estimate of drug-likeness (QED) is 0.142. The van der Waals surface area contributed by atoms with E-state index in [0.29, 0.717) is 13.0 Å². The van der Waals surface area contributed by atoms with Gasteiger partial charge in [-0.1, -0.05) is 70.4 Å². The lowest BCUT2D eigenvalue weighted by atomic mass is 10.1. The van der Waals surface area contributed by atoms with Gasteiger partial charge in [-0.15, -0.1) is 0 Å². The molecule has 1 heterocycles. The van der Waals surface area contributed by atoms with Crippen LogP contribution in [-0.4, -0.2) is 25.3 Å². The summed E-state index contributed by atoms with van der Waals surface area (Å²) in [5, 5.41) is 0. The third-order valence-corrected chi connectivity index (χ3v) is 4.48. The molecule has 1 rings (SSSR count). The summed E-state index contributed by atoms with van der Waals surface area (Å²) in [7, 11) is 0. The van der Waals surface area contributed by atoms with Gasteiger partial charge in [0.15, 0.2) is 0 Å². The fourth-order valence-electron chi connectivity index (χ4n) is 2.76. The summed E-state index contributed by atoms with van der Waals surface area (Å²) in [5.74, 6) is -0.0630. The minimum absolute atomic E-state index is 0.0630. The van der Waals surface area contributed by atoms with Gasteiger partial charge in [-0.05, 0) is 32.1 Å². The highest BCUT2D eigenvalue weighted by atomic mass is 16.6. The first kappa shape index (κ1) is 21.2. The molecule has 1 fully saturated rings. The fourth-order valence-corrected chi connectivity index (χ4v) is 2.76. The molecule has 0 aromatic rings. The van der Waals surface area contributed by atoms with Gasteiger partial charge < -0.3 is 9.47 Å². The first-order valence-corrected chi connectivity index (χ1v) is 10.2. The van der Waals surface area contributed by atoms with Crippen LogP contribution in [0.5, 0.6) is 0 Å². The summed E-state index contributed by atoms with van der Waals surface area (Å²) in [4.78, 5) is 11.4. The molecule has 0 spiro atoms. The van der Waals surface area contributed by atoms with E-state index in [4.69, 9.17) is 9.47 Å². The van der Waals surface area contributed by atoms with Crippen LogP contribution in [0.4, 0.5) is 0 Å². The molecule has 0 saturated carbocycles. The van der Waals surface area contributed by atoms with Crippen molar-refractivity contribution >= 4 is 5.97 Å². The number of esters is 1. The molecular weight excluding hydrogens is 300 g/mol. The molecule has 1 unspecified atom stereocenters. The number of unbranched alkanes of at least 4 members (excludes halogenated alkanes) is 11. The molecule has 1 aliphatic rings. The number of rotatable bonds is 17. The average Bonchev–Trinajstić information content (AvgIpc) is 3.41. The lowest BCUT2D eigenvalue weighted by Crippen LogP contribution is -2.09. The second-order valence-corrected chi connectivity index (χ2v) is 6.97. The maximum atomic E-state index is 11.4. The van der Waals surface area contributed by atoms with E-state index in [9.17, 15) is 4.79 Å². The predicted molar refractivity (Wildman–Crippen MR) is 100 cm³/mol. The Hall–Kier alpha value is -0.830. The van der Waals surface area contributed by atoms with Crippen molar-refractivity contribution in [1.29, 1.82) is 0 Å². The van der Waals surface area contributed by atoms with E-state index in [1.54, 1.807) is 0 Å². The lowest BCUT2D eigenvalue weighted by Gasteiger charge is -2.03. The Labute approximate surface area is 149 Å². The van der Waals surface area contributed by atoms with Crippen molar-refractivity contribution < 1.29 is 14.3 Å². The van der Waals surface area contributed by atoms with Crippen LogP contribution >= 0.6 is 0 Å². The Morgan fingerprint density at radius 3 is 2.04 bits per heavy atom. The fraction of sp³-hybridized carbons (Fsp3) is 0.857. The van der Waals surface area contributed by atoms with E-state index >= 15 is 0 Å². The highest BCUT2D eigenvalue weighted by molar-refractivity contribution is 5.69. The largest absolute Gasteiger partial charge is 0.463 e. The molecule has 0 radical (unpaired) electrons. The maximum Gasteiger partial charge on any atom is 0.305 e. The van der Waals surface area contributed by atoms with Crippen molar-refractivity contribution in [3.63, 3.8) is 0 Å². The molecule has 0 aromatic carbocycles. The van der Waals surface area contributed by atoms with Gasteiger partial charge in [-0.2, -0.15) is 0 Å². The van der Waals surface area contributed by atoms with Gasteiger partial charge in [0.25, 0.3) is 0 Å². The Bertz CT molecular complexity index is 321. The first-order valence-electron chi connectivity index (χ1n) is 10.2. The van der Waals surface area contributed by atoms with E-state index in [2.05, 4.69) is 19.1 Å². The number of carbonyl (C=O) groups is 1. The molecule has 1 atom stereocenters. The second-order valence-electron chi connectivity index (χ2n) is 6.97. The van der Waals surface area contributed by atoms with Gasteiger partial charge in [-0.25, -0.2) is 0 Å². The van der Waals surface area contributed by atoms with Crippen LogP contribution in [0.25, 0.3) is 0 Å². The van der Waals surface area contributed by atoms with E-state index in [1.807, 2.05) is 0 Å². The van der Waals surface area contributed by atoms with Crippen molar-refractivity contribution in [3.05, 3.63) is 12.2 Å². The molecule has 0 amide bonds. The van der Waals surface area contributed by atoms with Crippen molar-refractivity contribution in [2.75, 3.05) is 13.2 Å². The minimum atomic E-state index is -0.0630. The van der Waals surface area contributed by atoms with Crippen molar-refractivity contribution in [1.82, 2.24) is 0 Å². The lowest BCUT2D eigenvalue weighted by molar-refractivity contribution is -0.144. The van der Waals surface area contributed by atoms with Crippen molar-refractivity contribution in [3.8, 4) is 0 Å². The van der Waals surface area contributed by atoms with Crippen LogP contribution in [0, 0.1) is 0 Å². The minimum Gasteiger partial charge on any atom is -0.463 e. The molecule has 1 aliphatic heterocycles. The van der Waals surface area contributed by atoms with Gasteiger partial charge in [-0.3, -0.25) is 4.79 Å². The summed E-state index contributed by atoms with van der Waals surface area (Å²) in [5.41, 5.74) is 0. The molecule has 3 nitrogen and oxygen atoms in total. The van der Waals surface area contributed by atoms with Crippen LogP contribution in [-0.2, 0) is 14.3 Å². The smallest absolute Gasteiger partial charge is 0.305 e. The summed E-state index contributed by atoms with van der Waals surface area (Å²) in [6.45, 7) is 3.46. The monoisotopic (exact) mass is 338 g/mol. The van der Waals surface area contributed by atoms with E-state index < -0.39 is 0 Å². The van der Waals surface area contributed by atoms with Gasteiger partial charge >= 0.3 is 5.97 Å². The molecular formula is C21H38O3. The third-order valence-electron chi connectivity index (χ3n) is 4.48. The molecule has 0 aliphatic carbocycles. The Morgan fingerprint density at radius 2 is 1.46 bits per heavy atom. The van der Waals surface area contributed by atoms with E-state index in [1.165, 1.54) is 70.6 Å². The van der Waals surface area contributed by atoms with Crippen LogP contribution in [0.15, 0.2) is 12.2 Å². The summed E-state index contributed by atoms with van der Waals surface area (Å²) < 4.78 is 10.1. The Balaban J connectivity index is 1.71. The van der Waals surface area contributed by atoms with Crippen molar-refractivity contribution in [2.45, 2.75) is 103 Å². The van der Waals surface area contributed by atoms with Gasteiger partial charge in [0.1, 0.15) is 12.7 Å². The summed E-state index contributed by atoms with van der Waals surface area (Å²) in [6.07, 6.45) is 22.1. The maximum absolute atomic E-state index is 11.4. The zero-order valence-electron chi connectivity index (χ0n) is 15.8. The molecule has 0 bridgehead atoms. The van der Waals surface area contributed by atoms with Crippen LogP contribution in [0.3, 0.4) is 0 Å². The molecule has 0 aromatic heterocycles. The number of carbonyl (C=O) groups excluding carboxylic acids is 1. The van der Waals surface area contributed by atoms with Gasteiger partial charge in [0.2, 0.25) is 0 Å². The topological polar surface area (TPSA) is 38.8 Å². The molecule has 140 valence electrons. The molecule has 0 N–H and O–H groups in total. The molecule has 24 heavy (non-hydrogen) atoms. The highest BCUT2D eigenvalue weighted by Gasteiger charge is 2.23. The van der Waals surface area contributed by atoms with Gasteiger partial charge in [0, 0.05) is 6.42 Å². The normalized spacial score (nSPS) is 16.6. The van der Waals surface area contributed by atoms with E-state index in [-0.39, 0.29) is 12.1 Å². The zero-order chi connectivity index (χ0) is 17.3. The Morgan fingerprint density at radius 1 is 0.917 bits per heavy atom. The zero-order valence-corrected chi connectivity index (χ0v) is 15.8. The first-order chi connectivity index (χ1) is 11.8. The number of epoxide rings is 1. The summed E-state index contributed by atoms with van der Waals surface area (Å²) in [6, 6.07) is 0. The van der Waals surface area contributed by atoms with Crippen molar-refractivity contribution in [2.24, 2.45) is 0 Å². The van der Waals surface area contributed by atoms with Crippen LogP contribution < -0.4 is 0 Å². The number of hydrogen-bond acceptors (Lipinski definition) is 3. The van der Waals surface area contributed by atoms with E-state index in [0.717, 1.165) is 19.4 Å². The molecule has 3 heteroatoms. The number of hydrogen-bond donors (Lipinski definition) is 0. The van der Waals surface area contributed by atoms with Crippen LogP contribution in [0.1, 0.15) is 96.8 Å². The number of ether oxygens (including phenoxy) is 2. The number of allylic oxidation sites excluding steroid dienone is 2. The highest BCUT2D eigenvalue weighted by Crippen LogP contribution is 2.12. The third kappa shape index (κ3) is 14.7. The second kappa shape index (κ2) is 15.7. The predicted octanol–water partition coefficient (Wildman–Crippen LogP) is 5.97.